The number of methoxy groups -OCH3 is 1. The first-order chi connectivity index (χ1) is 6.97. The average Bonchev–Trinajstić information content (AvgIpc) is 2.16. The molecular weight excluding hydrogens is 226 g/mol. The highest BCUT2D eigenvalue weighted by Gasteiger charge is 2.13. The van der Waals surface area contributed by atoms with Crippen molar-refractivity contribution in [1.82, 2.24) is 0 Å². The largest absolute Gasteiger partial charge is 0.545 e. The summed E-state index contributed by atoms with van der Waals surface area (Å²) in [4.78, 5) is 10.6. The smallest absolute Gasteiger partial charge is 0.148 e. The Bertz CT molecular complexity index is 393. The number of rotatable bonds is 3. The van der Waals surface area contributed by atoms with Gasteiger partial charge in [0.1, 0.15) is 11.4 Å². The van der Waals surface area contributed by atoms with Crippen molar-refractivity contribution < 1.29 is 25.1 Å². The number of aromatic carboxylic acids is 1. The van der Waals surface area contributed by atoms with Crippen LogP contribution in [0.4, 0.5) is 5.69 Å². The number of ether oxygens (including phenoxy) is 1. The van der Waals surface area contributed by atoms with Crippen molar-refractivity contribution in [2.75, 3.05) is 12.3 Å². The highest BCUT2D eigenvalue weighted by atomic mass is 35.5. The van der Waals surface area contributed by atoms with Gasteiger partial charge in [0.2, 0.25) is 0 Å². The highest BCUT2D eigenvalue weighted by molar-refractivity contribution is 6.33. The van der Waals surface area contributed by atoms with Gasteiger partial charge in [-0.15, -0.1) is 5.23 Å². The van der Waals surface area contributed by atoms with Crippen molar-refractivity contribution in [3.63, 3.8) is 0 Å². The van der Waals surface area contributed by atoms with Crippen molar-refractivity contribution >= 4 is 23.3 Å². The first kappa shape index (κ1) is 11.6. The molecule has 1 aromatic rings. The lowest BCUT2D eigenvalue weighted by molar-refractivity contribution is -0.255. The molecule has 0 aromatic heterocycles. The average molecular weight is 233 g/mol. The third kappa shape index (κ3) is 2.30. The summed E-state index contributed by atoms with van der Waals surface area (Å²) in [6, 6.07) is 2.07. The van der Waals surface area contributed by atoms with Crippen LogP contribution in [0.1, 0.15) is 10.4 Å². The van der Waals surface area contributed by atoms with Crippen LogP contribution in [0, 0.1) is 0 Å². The minimum Gasteiger partial charge on any atom is -0.545 e. The van der Waals surface area contributed by atoms with Crippen LogP contribution in [0.5, 0.6) is 5.75 Å². The fourth-order valence-electron chi connectivity index (χ4n) is 1.02. The third-order valence-electron chi connectivity index (χ3n) is 1.70. The zero-order valence-corrected chi connectivity index (χ0v) is 8.35. The number of carbonyl (C=O) groups excluding carboxylic acids is 1. The first-order valence-electron chi connectivity index (χ1n) is 3.74. The second kappa shape index (κ2) is 4.35. The summed E-state index contributed by atoms with van der Waals surface area (Å²) in [6.45, 7) is 0. The van der Waals surface area contributed by atoms with E-state index in [-0.39, 0.29) is 27.2 Å². The van der Waals surface area contributed by atoms with E-state index in [9.17, 15) is 9.90 Å². The molecule has 6 nitrogen and oxygen atoms in total. The summed E-state index contributed by atoms with van der Waals surface area (Å²) in [7, 11) is 1.28. The topological polar surface area (TPSA) is 93.1 Å². The zero-order chi connectivity index (χ0) is 11.6. The van der Waals surface area contributed by atoms with E-state index in [2.05, 4.69) is 0 Å². The van der Waals surface area contributed by atoms with E-state index in [4.69, 9.17) is 26.8 Å². The lowest BCUT2D eigenvalue weighted by Crippen LogP contribution is -2.23. The van der Waals surface area contributed by atoms with E-state index in [1.54, 1.807) is 0 Å². The van der Waals surface area contributed by atoms with Gasteiger partial charge in [-0.3, -0.25) is 10.4 Å². The van der Waals surface area contributed by atoms with Crippen molar-refractivity contribution in [2.45, 2.75) is 0 Å². The van der Waals surface area contributed by atoms with Crippen LogP contribution in [-0.4, -0.2) is 23.5 Å². The highest BCUT2D eigenvalue weighted by Crippen LogP contribution is 2.32. The molecular formula is C8H7ClNO5-. The number of anilines is 1. The third-order valence-corrected chi connectivity index (χ3v) is 2.02. The lowest BCUT2D eigenvalue weighted by atomic mass is 10.2. The molecule has 2 N–H and O–H groups in total. The molecule has 0 bridgehead atoms. The van der Waals surface area contributed by atoms with Crippen molar-refractivity contribution in [2.24, 2.45) is 0 Å². The zero-order valence-electron chi connectivity index (χ0n) is 7.60. The Labute approximate surface area is 89.8 Å². The predicted molar refractivity (Wildman–Crippen MR) is 48.4 cm³/mol. The van der Waals surface area contributed by atoms with Crippen LogP contribution in [-0.2, 0) is 0 Å². The molecule has 0 unspecified atom stereocenters. The van der Waals surface area contributed by atoms with Crippen LogP contribution in [0.3, 0.4) is 0 Å². The Morgan fingerprint density at radius 3 is 2.53 bits per heavy atom. The second-order valence-electron chi connectivity index (χ2n) is 2.58. The van der Waals surface area contributed by atoms with Crippen molar-refractivity contribution in [3.05, 3.63) is 22.7 Å². The van der Waals surface area contributed by atoms with Crippen molar-refractivity contribution in [3.8, 4) is 5.75 Å². The number of hydrogen-bond donors (Lipinski definition) is 2. The fourth-order valence-corrected chi connectivity index (χ4v) is 1.25. The number of carboxylic acid groups (broad SMARTS) is 1. The van der Waals surface area contributed by atoms with E-state index in [1.165, 1.54) is 7.11 Å². The monoisotopic (exact) mass is 232 g/mol. The van der Waals surface area contributed by atoms with Gasteiger partial charge in [0.15, 0.2) is 0 Å². The summed E-state index contributed by atoms with van der Waals surface area (Å²) >= 11 is 5.60. The molecule has 7 heteroatoms. The summed E-state index contributed by atoms with van der Waals surface area (Å²) in [6.07, 6.45) is 0. The predicted octanol–water partition coefficient (Wildman–Crippen LogP) is 0.297. The maximum Gasteiger partial charge on any atom is 0.148 e. The molecule has 0 amide bonds. The molecule has 0 atom stereocenters. The van der Waals surface area contributed by atoms with Gasteiger partial charge < -0.3 is 14.6 Å². The Kier molecular flexibility index (Phi) is 3.35. The molecule has 0 saturated heterocycles. The summed E-state index contributed by atoms with van der Waals surface area (Å²) in [5.74, 6) is -1.50. The maximum atomic E-state index is 10.6. The molecule has 0 heterocycles. The molecule has 1 rings (SSSR count). The normalized spacial score (nSPS) is 9.87. The van der Waals surface area contributed by atoms with Gasteiger partial charge in [-0.05, 0) is 6.07 Å². The molecule has 1 aromatic carbocycles. The quantitative estimate of drug-likeness (QED) is 0.728. The molecule has 0 fully saturated rings. The molecule has 0 aliphatic rings. The van der Waals surface area contributed by atoms with E-state index in [0.29, 0.717) is 0 Å². The Balaban J connectivity index is 3.37. The Morgan fingerprint density at radius 1 is 1.53 bits per heavy atom. The van der Waals surface area contributed by atoms with Crippen molar-refractivity contribution in [1.29, 1.82) is 0 Å². The van der Waals surface area contributed by atoms with Gasteiger partial charge in [0.05, 0.1) is 18.1 Å². The standard InChI is InChI=1S/C8H8ClNO5/c1-15-7-3-5(9)4(8(11)12)2-6(7)10(13)14/h2-3,13-14H,1H3,(H,11,12)/p-1. The number of carbonyl (C=O) groups is 1. The molecule has 0 spiro atoms. The fraction of sp³-hybridized carbons (Fsp3) is 0.125. The van der Waals surface area contributed by atoms with Crippen LogP contribution in [0.15, 0.2) is 12.1 Å². The molecule has 0 saturated carbocycles. The molecule has 15 heavy (non-hydrogen) atoms. The van der Waals surface area contributed by atoms with E-state index in [1.807, 2.05) is 0 Å². The number of hydrogen-bond acceptors (Lipinski definition) is 6. The van der Waals surface area contributed by atoms with Gasteiger partial charge in [-0.2, -0.15) is 0 Å². The van der Waals surface area contributed by atoms with Crippen LogP contribution < -0.4 is 15.1 Å². The maximum absolute atomic E-state index is 10.6. The Hall–Kier alpha value is -1.50. The van der Waals surface area contributed by atoms with Crippen LogP contribution in [0.25, 0.3) is 0 Å². The molecule has 82 valence electrons. The van der Waals surface area contributed by atoms with E-state index >= 15 is 0 Å². The second-order valence-corrected chi connectivity index (χ2v) is 2.99. The number of nitrogens with zero attached hydrogens (tertiary/aromatic N) is 1. The van der Waals surface area contributed by atoms with Crippen LogP contribution in [0.2, 0.25) is 5.02 Å². The molecule has 0 aliphatic heterocycles. The molecule has 0 aliphatic carbocycles. The minimum atomic E-state index is -1.52. The summed E-state index contributed by atoms with van der Waals surface area (Å²) < 4.78 is 4.76. The number of benzene rings is 1. The minimum absolute atomic E-state index is 0.0231. The van der Waals surface area contributed by atoms with Gasteiger partial charge in [-0.25, -0.2) is 0 Å². The van der Waals surface area contributed by atoms with Crippen LogP contribution >= 0.6 is 11.6 Å². The van der Waals surface area contributed by atoms with Gasteiger partial charge >= 0.3 is 0 Å². The SMILES string of the molecule is COc1cc(Cl)c(C(=O)[O-])cc1N(O)O. The molecule has 0 radical (unpaired) electrons. The number of halogens is 1. The summed E-state index contributed by atoms with van der Waals surface area (Å²) in [5, 5.41) is 27.8. The first-order valence-corrected chi connectivity index (χ1v) is 4.12. The lowest BCUT2D eigenvalue weighted by Gasteiger charge is -2.15. The number of carboxylic acids is 1. The van der Waals surface area contributed by atoms with Gasteiger partial charge in [-0.1, -0.05) is 11.6 Å². The van der Waals surface area contributed by atoms with Gasteiger partial charge in [0.25, 0.3) is 0 Å². The van der Waals surface area contributed by atoms with E-state index < -0.39 is 5.97 Å². The van der Waals surface area contributed by atoms with E-state index in [0.717, 1.165) is 12.1 Å². The Morgan fingerprint density at radius 2 is 2.13 bits per heavy atom. The van der Waals surface area contributed by atoms with Gasteiger partial charge in [0, 0.05) is 11.6 Å². The summed E-state index contributed by atoms with van der Waals surface area (Å²) in [5.41, 5.74) is -0.610.